The molecule has 0 spiro atoms. The fraction of sp³-hybridized carbons (Fsp3) is 0.727. The summed E-state index contributed by atoms with van der Waals surface area (Å²) in [5, 5.41) is 5.56. The number of likely N-dealkylation sites (N-methyl/N-ethyl adjacent to an activating group) is 1. The average Bonchev–Trinajstić information content (AvgIpc) is 3.30. The van der Waals surface area contributed by atoms with Gasteiger partial charge in [-0.25, -0.2) is 0 Å². The predicted octanol–water partition coefficient (Wildman–Crippen LogP) is 3.15. The number of nitrogens with zero attached hydrogens (tertiary/aromatic N) is 2. The van der Waals surface area contributed by atoms with E-state index in [1.165, 1.54) is 11.3 Å². The Morgan fingerprint density at radius 3 is 2.43 bits per heavy atom. The maximum absolute atomic E-state index is 13.5. The van der Waals surface area contributed by atoms with Crippen molar-refractivity contribution in [3.05, 3.63) is 22.4 Å². The van der Waals surface area contributed by atoms with E-state index in [2.05, 4.69) is 27.7 Å². The summed E-state index contributed by atoms with van der Waals surface area (Å²) in [6, 6.07) is 5.32. The Hall–Kier alpha value is -1.40. The van der Waals surface area contributed by atoms with Crippen molar-refractivity contribution in [2.45, 2.75) is 81.3 Å². The van der Waals surface area contributed by atoms with Gasteiger partial charge in [0.2, 0.25) is 11.8 Å². The molecule has 3 aliphatic rings. The Morgan fingerprint density at radius 2 is 1.86 bits per heavy atom. The van der Waals surface area contributed by atoms with Crippen molar-refractivity contribution in [3.63, 3.8) is 0 Å². The molecule has 2 atom stereocenters. The van der Waals surface area contributed by atoms with Crippen LogP contribution in [-0.4, -0.2) is 60.4 Å². The smallest absolute Gasteiger partial charge is 0.236 e. The molecule has 3 fully saturated rings. The molecule has 0 radical (unpaired) electrons. The molecule has 4 rings (SSSR count). The Balaban J connectivity index is 1.42. The second-order valence-corrected chi connectivity index (χ2v) is 10.1. The molecule has 0 unspecified atom stereocenters. The lowest BCUT2D eigenvalue weighted by Crippen LogP contribution is -2.55. The zero-order valence-corrected chi connectivity index (χ0v) is 18.0. The van der Waals surface area contributed by atoms with Crippen molar-refractivity contribution in [1.82, 2.24) is 15.1 Å². The third kappa shape index (κ3) is 3.73. The Kier molecular flexibility index (Phi) is 5.79. The first-order valence-electron chi connectivity index (χ1n) is 10.8. The molecule has 1 aliphatic carbocycles. The molecular weight excluding hydrogens is 370 g/mol. The number of hydrogen-bond donors (Lipinski definition) is 1. The number of fused-ring (bicyclic) bond motifs is 2. The van der Waals surface area contributed by atoms with Gasteiger partial charge < -0.3 is 10.2 Å². The number of nitrogens with one attached hydrogen (secondary N) is 1. The summed E-state index contributed by atoms with van der Waals surface area (Å²) in [6.07, 6.45) is 9.71. The lowest BCUT2D eigenvalue weighted by Gasteiger charge is -2.41. The highest BCUT2D eigenvalue weighted by Crippen LogP contribution is 2.42. The number of rotatable bonds is 5. The van der Waals surface area contributed by atoms with Crippen molar-refractivity contribution >= 4 is 23.2 Å². The molecular formula is C22H33N3O2S. The minimum Gasteiger partial charge on any atom is -0.352 e. The molecule has 1 aromatic rings. The summed E-state index contributed by atoms with van der Waals surface area (Å²) in [6.45, 7) is 0.516. The van der Waals surface area contributed by atoms with E-state index in [1.54, 1.807) is 16.2 Å². The van der Waals surface area contributed by atoms with Gasteiger partial charge in [0, 0.05) is 37.1 Å². The summed E-state index contributed by atoms with van der Waals surface area (Å²) in [7, 11) is 3.65. The number of piperidine rings is 1. The second kappa shape index (κ2) is 8.15. The van der Waals surface area contributed by atoms with E-state index in [0.717, 1.165) is 51.4 Å². The zero-order chi connectivity index (χ0) is 19.7. The average molecular weight is 404 g/mol. The van der Waals surface area contributed by atoms with Gasteiger partial charge in [0.1, 0.15) is 0 Å². The van der Waals surface area contributed by atoms with Gasteiger partial charge in [0.05, 0.1) is 12.0 Å². The summed E-state index contributed by atoms with van der Waals surface area (Å²) in [5.41, 5.74) is -0.316. The molecule has 0 aromatic carbocycles. The molecule has 2 aliphatic heterocycles. The van der Waals surface area contributed by atoms with Crippen LogP contribution in [0.15, 0.2) is 17.5 Å². The molecule has 1 N–H and O–H groups in total. The molecule has 154 valence electrons. The first-order chi connectivity index (χ1) is 13.5. The minimum atomic E-state index is -0.316. The Labute approximate surface area is 172 Å². The third-order valence-corrected chi connectivity index (χ3v) is 8.24. The van der Waals surface area contributed by atoms with Crippen LogP contribution in [0.2, 0.25) is 0 Å². The highest BCUT2D eigenvalue weighted by Gasteiger charge is 2.46. The molecule has 6 heteroatoms. The maximum atomic E-state index is 13.5. The fourth-order valence-electron chi connectivity index (χ4n) is 5.56. The summed E-state index contributed by atoms with van der Waals surface area (Å²) in [4.78, 5) is 31.0. The van der Waals surface area contributed by atoms with Crippen molar-refractivity contribution in [2.24, 2.45) is 0 Å². The van der Waals surface area contributed by atoms with E-state index in [0.29, 0.717) is 18.6 Å². The van der Waals surface area contributed by atoms with E-state index < -0.39 is 0 Å². The highest BCUT2D eigenvalue weighted by atomic mass is 32.1. The van der Waals surface area contributed by atoms with Crippen LogP contribution in [0.5, 0.6) is 0 Å². The second-order valence-electron chi connectivity index (χ2n) is 9.11. The lowest BCUT2D eigenvalue weighted by molar-refractivity contribution is -0.132. The van der Waals surface area contributed by atoms with Gasteiger partial charge in [-0.1, -0.05) is 25.3 Å². The fourth-order valence-corrected chi connectivity index (χ4v) is 6.55. The molecule has 2 bridgehead atoms. The molecule has 1 aromatic heterocycles. The summed E-state index contributed by atoms with van der Waals surface area (Å²) >= 11 is 1.73. The quantitative estimate of drug-likeness (QED) is 0.822. The Bertz CT molecular complexity index is 683. The predicted molar refractivity (Wildman–Crippen MR) is 112 cm³/mol. The van der Waals surface area contributed by atoms with Crippen LogP contribution in [0, 0.1) is 0 Å². The SMILES string of the molecule is CN(C)C(=O)CN1[C@H]2CC[C@H]1CC(NC(=O)C1(c3cccs3)CCCCC1)C2. The summed E-state index contributed by atoms with van der Waals surface area (Å²) in [5.74, 6) is 0.426. The van der Waals surface area contributed by atoms with Gasteiger partial charge in [0.25, 0.3) is 0 Å². The van der Waals surface area contributed by atoms with Crippen LogP contribution in [0.3, 0.4) is 0 Å². The van der Waals surface area contributed by atoms with Gasteiger partial charge in [-0.15, -0.1) is 11.3 Å². The van der Waals surface area contributed by atoms with E-state index in [4.69, 9.17) is 0 Å². The molecule has 1 saturated carbocycles. The number of amides is 2. The van der Waals surface area contributed by atoms with E-state index in [-0.39, 0.29) is 23.3 Å². The number of carbonyl (C=O) groups excluding carboxylic acids is 2. The standard InChI is InChI=1S/C22H33N3O2S/c1-24(2)20(26)15-25-17-8-9-18(25)14-16(13-17)23-21(27)22(10-4-3-5-11-22)19-7-6-12-28-19/h6-7,12,16-18H,3-5,8-11,13-15H2,1-2H3,(H,23,27)/t17-,18-/m0/s1. The molecule has 28 heavy (non-hydrogen) atoms. The third-order valence-electron chi connectivity index (χ3n) is 7.17. The van der Waals surface area contributed by atoms with Crippen LogP contribution in [0.1, 0.15) is 62.7 Å². The van der Waals surface area contributed by atoms with Gasteiger partial charge in [-0.2, -0.15) is 0 Å². The van der Waals surface area contributed by atoms with E-state index in [1.807, 2.05) is 14.1 Å². The minimum absolute atomic E-state index is 0.179. The van der Waals surface area contributed by atoms with Gasteiger partial charge >= 0.3 is 0 Å². The van der Waals surface area contributed by atoms with Gasteiger partial charge in [-0.3, -0.25) is 14.5 Å². The van der Waals surface area contributed by atoms with Crippen molar-refractivity contribution in [2.75, 3.05) is 20.6 Å². The van der Waals surface area contributed by atoms with Crippen molar-refractivity contribution in [3.8, 4) is 0 Å². The van der Waals surface area contributed by atoms with Crippen molar-refractivity contribution in [1.29, 1.82) is 0 Å². The van der Waals surface area contributed by atoms with Gasteiger partial charge in [0.15, 0.2) is 0 Å². The first-order valence-corrected chi connectivity index (χ1v) is 11.7. The van der Waals surface area contributed by atoms with Crippen LogP contribution >= 0.6 is 11.3 Å². The van der Waals surface area contributed by atoms with Crippen LogP contribution in [0.25, 0.3) is 0 Å². The molecule has 5 nitrogen and oxygen atoms in total. The number of carbonyl (C=O) groups is 2. The van der Waals surface area contributed by atoms with Crippen molar-refractivity contribution < 1.29 is 9.59 Å². The largest absolute Gasteiger partial charge is 0.352 e. The molecule has 2 saturated heterocycles. The number of hydrogen-bond acceptors (Lipinski definition) is 4. The van der Waals surface area contributed by atoms with E-state index >= 15 is 0 Å². The number of thiophene rings is 1. The zero-order valence-electron chi connectivity index (χ0n) is 17.2. The topological polar surface area (TPSA) is 52.7 Å². The Morgan fingerprint density at radius 1 is 1.18 bits per heavy atom. The van der Waals surface area contributed by atoms with Crippen LogP contribution in [0.4, 0.5) is 0 Å². The lowest BCUT2D eigenvalue weighted by atomic mass is 9.72. The maximum Gasteiger partial charge on any atom is 0.236 e. The molecule has 3 heterocycles. The molecule has 2 amide bonds. The first kappa shape index (κ1) is 19.9. The van der Waals surface area contributed by atoms with E-state index in [9.17, 15) is 9.59 Å². The van der Waals surface area contributed by atoms with Gasteiger partial charge in [-0.05, 0) is 50.0 Å². The monoisotopic (exact) mass is 403 g/mol. The normalized spacial score (nSPS) is 29.4. The van der Waals surface area contributed by atoms with Crippen LogP contribution in [-0.2, 0) is 15.0 Å². The summed E-state index contributed by atoms with van der Waals surface area (Å²) < 4.78 is 0. The highest BCUT2D eigenvalue weighted by molar-refractivity contribution is 7.10. The van der Waals surface area contributed by atoms with Crippen LogP contribution < -0.4 is 5.32 Å².